The van der Waals surface area contributed by atoms with E-state index in [0.717, 1.165) is 61.8 Å². The van der Waals surface area contributed by atoms with Crippen molar-refractivity contribution in [2.45, 2.75) is 100 Å². The summed E-state index contributed by atoms with van der Waals surface area (Å²) in [5, 5.41) is 21.0. The molecule has 3 unspecified atom stereocenters. The van der Waals surface area contributed by atoms with E-state index in [9.17, 15) is 29.1 Å². The monoisotopic (exact) mass is 1050 g/mol. The standard InChI is InChI=1S/C57H58F2N10O8/c1-3-39-44(58)11-6-33-21-38(70)23-42(47(33)39)49-48(59)50-43(25-61-49)51(67-27-35-7-8-36(28-67)62-35)65-55(64-50)77-30-57-17-14-37(68(57)26-31(2)24-57)29-76-56(75)66-19-15-32(16-20-66)5-4-18-60-34-9-10-40-41(22-34)54(74)69(53(40)73)45-12-13-46(71)63-52(45)72/h1,6,9-11,21-23,25,32,35-37,45,60,62,70H,2,4-5,7-8,12-20,24,26-30H2,(H,63,71,72)/t35?,36?,37-,45?,57-/m0/s1. The number of ether oxygens (including phenoxy) is 2. The number of nitrogens with zero attached hydrogens (tertiary/aromatic N) is 7. The van der Waals surface area contributed by atoms with Crippen LogP contribution in [0.5, 0.6) is 11.8 Å². The second kappa shape index (κ2) is 20.0. The molecule has 0 radical (unpaired) electrons. The molecule has 18 nitrogen and oxygen atoms in total. The third-order valence-electron chi connectivity index (χ3n) is 16.9. The number of anilines is 2. The Balaban J connectivity index is 0.669. The number of hydrogen-bond donors (Lipinski definition) is 4. The molecule has 2 aromatic heterocycles. The van der Waals surface area contributed by atoms with Gasteiger partial charge in [-0.05, 0) is 112 Å². The molecule has 0 saturated carbocycles. The first-order chi connectivity index (χ1) is 37.2. The van der Waals surface area contributed by atoms with Crippen LogP contribution < -0.4 is 25.6 Å². The lowest BCUT2D eigenvalue weighted by Gasteiger charge is -2.35. The minimum absolute atomic E-state index is 0.0102. The second-order valence-electron chi connectivity index (χ2n) is 21.8. The van der Waals surface area contributed by atoms with Gasteiger partial charge >= 0.3 is 12.1 Å². The normalized spacial score (nSPS) is 24.4. The number of piperidine rings is 2. The van der Waals surface area contributed by atoms with Crippen LogP contribution in [-0.4, -0.2) is 147 Å². The Morgan fingerprint density at radius 2 is 1.75 bits per heavy atom. The number of carbonyl (C=O) groups excluding carboxylic acids is 5. The highest BCUT2D eigenvalue weighted by molar-refractivity contribution is 6.23. The number of amides is 5. The lowest BCUT2D eigenvalue weighted by atomic mass is 9.92. The molecule has 0 aliphatic carbocycles. The van der Waals surface area contributed by atoms with Crippen molar-refractivity contribution in [1.29, 1.82) is 0 Å². The van der Waals surface area contributed by atoms with E-state index in [1.807, 2.05) is 0 Å². The van der Waals surface area contributed by atoms with Gasteiger partial charge in [0.2, 0.25) is 11.8 Å². The van der Waals surface area contributed by atoms with Crippen molar-refractivity contribution in [3.8, 4) is 35.4 Å². The number of pyridine rings is 1. The summed E-state index contributed by atoms with van der Waals surface area (Å²) < 4.78 is 45.0. The van der Waals surface area contributed by atoms with Gasteiger partial charge in [-0.25, -0.2) is 13.6 Å². The zero-order valence-electron chi connectivity index (χ0n) is 42.4. The summed E-state index contributed by atoms with van der Waals surface area (Å²) in [6.07, 6.45) is 14.8. The van der Waals surface area contributed by atoms with Crippen LogP contribution >= 0.6 is 0 Å². The number of benzene rings is 3. The number of phenolic OH excluding ortho intramolecular Hbond substituents is 1. The second-order valence-corrected chi connectivity index (χ2v) is 21.8. The fourth-order valence-corrected chi connectivity index (χ4v) is 13.1. The molecule has 4 N–H and O–H groups in total. The fraction of sp³-hybridized carbons (Fsp3) is 0.439. The summed E-state index contributed by atoms with van der Waals surface area (Å²) in [4.78, 5) is 85.4. The van der Waals surface area contributed by atoms with Gasteiger partial charge < -0.3 is 35.0 Å². The maximum atomic E-state index is 17.3. The Kier molecular flexibility index (Phi) is 13.0. The molecule has 2 bridgehead atoms. The Bertz CT molecular complexity index is 3350. The van der Waals surface area contributed by atoms with Crippen LogP contribution in [0.25, 0.3) is 32.9 Å². The van der Waals surface area contributed by atoms with Gasteiger partial charge in [0.15, 0.2) is 5.82 Å². The van der Waals surface area contributed by atoms with Crippen LogP contribution in [0.2, 0.25) is 0 Å². The van der Waals surface area contributed by atoms with Crippen molar-refractivity contribution in [3.05, 3.63) is 89.1 Å². The Hall–Kier alpha value is -7.76. The number of halogens is 2. The molecular formula is C57H58F2N10O8. The molecule has 398 valence electrons. The zero-order chi connectivity index (χ0) is 53.3. The highest BCUT2D eigenvalue weighted by atomic mass is 19.1. The van der Waals surface area contributed by atoms with E-state index in [0.29, 0.717) is 73.9 Å². The molecule has 20 heteroatoms. The minimum atomic E-state index is -1.02. The number of piperazine rings is 1. The zero-order valence-corrected chi connectivity index (χ0v) is 42.4. The summed E-state index contributed by atoms with van der Waals surface area (Å²) in [5.74, 6) is -0.458. The molecule has 0 spiro atoms. The SMILES string of the molecule is C#Cc1c(F)ccc2cc(O)cc(-c3ncc4c(N5CC6CCC(C5)N6)nc(OC[C@@]56CC[C@@H](COC(=O)N7CCC(CCCNc8ccc9c(c8)C(=O)N(C8CCC(=O)NC8=O)C9=O)CC7)N5CC(=C)C6)nc4c3F)c12. The van der Waals surface area contributed by atoms with E-state index >= 15 is 8.78 Å². The molecule has 7 aliphatic heterocycles. The Morgan fingerprint density at radius 3 is 2.53 bits per heavy atom. The molecule has 7 aliphatic rings. The van der Waals surface area contributed by atoms with Crippen LogP contribution in [0, 0.1) is 29.9 Å². The van der Waals surface area contributed by atoms with Gasteiger partial charge in [-0.2, -0.15) is 9.97 Å². The first-order valence-electron chi connectivity index (χ1n) is 26.6. The lowest BCUT2D eigenvalue weighted by Crippen LogP contribution is -2.54. The van der Waals surface area contributed by atoms with E-state index in [4.69, 9.17) is 25.9 Å². The molecule has 3 aromatic carbocycles. The van der Waals surface area contributed by atoms with Crippen molar-refractivity contribution in [1.82, 2.24) is 40.3 Å². The molecule has 77 heavy (non-hydrogen) atoms. The summed E-state index contributed by atoms with van der Waals surface area (Å²) in [7, 11) is 0. The minimum Gasteiger partial charge on any atom is -0.508 e. The van der Waals surface area contributed by atoms with Crippen molar-refractivity contribution >= 4 is 62.9 Å². The van der Waals surface area contributed by atoms with E-state index in [1.54, 1.807) is 23.1 Å². The summed E-state index contributed by atoms with van der Waals surface area (Å²) in [6, 6.07) is 9.82. The van der Waals surface area contributed by atoms with E-state index in [1.165, 1.54) is 30.5 Å². The van der Waals surface area contributed by atoms with Gasteiger partial charge in [-0.3, -0.25) is 39.3 Å². The average molecular weight is 1050 g/mol. The predicted octanol–water partition coefficient (Wildman–Crippen LogP) is 6.43. The Labute approximate surface area is 442 Å². The summed E-state index contributed by atoms with van der Waals surface area (Å²) in [5.41, 5.74) is 1.55. The third-order valence-corrected chi connectivity index (χ3v) is 16.9. The number of phenols is 1. The first-order valence-corrected chi connectivity index (χ1v) is 26.6. The molecule has 5 aromatic rings. The number of carbonyl (C=O) groups is 5. The number of likely N-dealkylation sites (tertiary alicyclic amines) is 1. The van der Waals surface area contributed by atoms with Gasteiger partial charge in [0.1, 0.15) is 47.9 Å². The molecule has 5 amide bonds. The number of imide groups is 2. The highest BCUT2D eigenvalue weighted by Crippen LogP contribution is 2.45. The molecule has 6 saturated heterocycles. The van der Waals surface area contributed by atoms with Gasteiger partial charge in [0, 0.05) is 86.6 Å². The number of nitrogens with one attached hydrogen (secondary N) is 3. The van der Waals surface area contributed by atoms with Crippen molar-refractivity contribution in [2.24, 2.45) is 5.92 Å². The van der Waals surface area contributed by atoms with Crippen LogP contribution in [0.4, 0.5) is 25.1 Å². The number of aromatic hydroxyl groups is 1. The average Bonchev–Trinajstić information content (AvgIpc) is 4.19. The number of hydrogen-bond acceptors (Lipinski definition) is 15. The van der Waals surface area contributed by atoms with Crippen molar-refractivity contribution in [3.63, 3.8) is 0 Å². The number of fused-ring (bicyclic) bond motifs is 6. The largest absolute Gasteiger partial charge is 0.508 e. The van der Waals surface area contributed by atoms with Gasteiger partial charge in [-0.15, -0.1) is 6.42 Å². The molecule has 6 fully saturated rings. The van der Waals surface area contributed by atoms with Crippen LogP contribution in [0.3, 0.4) is 0 Å². The molecule has 9 heterocycles. The van der Waals surface area contributed by atoms with Crippen molar-refractivity contribution in [2.75, 3.05) is 62.7 Å². The summed E-state index contributed by atoms with van der Waals surface area (Å²) >= 11 is 0. The maximum absolute atomic E-state index is 17.3. The van der Waals surface area contributed by atoms with Crippen LogP contribution in [0.1, 0.15) is 96.9 Å². The smallest absolute Gasteiger partial charge is 0.409 e. The number of terminal acetylenes is 1. The molecule has 12 rings (SSSR count). The quantitative estimate of drug-likeness (QED) is 0.0433. The number of aromatic nitrogens is 3. The predicted molar refractivity (Wildman–Crippen MR) is 280 cm³/mol. The molecular weight excluding hydrogens is 991 g/mol. The summed E-state index contributed by atoms with van der Waals surface area (Å²) in [6.45, 7) is 8.43. The first kappa shape index (κ1) is 50.1. The fourth-order valence-electron chi connectivity index (χ4n) is 13.1. The van der Waals surface area contributed by atoms with Gasteiger partial charge in [0.05, 0.1) is 27.6 Å². The Morgan fingerprint density at radius 1 is 0.961 bits per heavy atom. The third kappa shape index (κ3) is 9.22. The highest BCUT2D eigenvalue weighted by Gasteiger charge is 2.52. The van der Waals surface area contributed by atoms with E-state index < -0.39 is 46.8 Å². The number of rotatable bonds is 13. The maximum Gasteiger partial charge on any atom is 0.409 e. The van der Waals surface area contributed by atoms with E-state index in [2.05, 4.69) is 43.2 Å². The van der Waals surface area contributed by atoms with Crippen LogP contribution in [-0.2, 0) is 14.3 Å². The molecule has 5 atom stereocenters. The van der Waals surface area contributed by atoms with Gasteiger partial charge in [-0.1, -0.05) is 24.1 Å². The lowest BCUT2D eigenvalue weighted by molar-refractivity contribution is -0.136. The topological polar surface area (TPSA) is 212 Å². The van der Waals surface area contributed by atoms with Crippen LogP contribution in [0.15, 0.2) is 60.8 Å². The van der Waals surface area contributed by atoms with Crippen molar-refractivity contribution < 1.29 is 47.3 Å². The van der Waals surface area contributed by atoms with E-state index in [-0.39, 0.29) is 101 Å². The van der Waals surface area contributed by atoms with Gasteiger partial charge in [0.25, 0.3) is 11.8 Å².